The maximum atomic E-state index is 14.6. The molecule has 202 valence electrons. The summed E-state index contributed by atoms with van der Waals surface area (Å²) in [6.45, 7) is 3.67. The van der Waals surface area contributed by atoms with Crippen LogP contribution in [0, 0.1) is 5.82 Å². The third kappa shape index (κ3) is 6.13. The number of morpholine rings is 1. The lowest BCUT2D eigenvalue weighted by molar-refractivity contribution is -0.111. The molecule has 1 aliphatic rings. The first-order chi connectivity index (χ1) is 18.4. The molecule has 0 radical (unpaired) electrons. The van der Waals surface area contributed by atoms with Crippen LogP contribution in [0.1, 0.15) is 4.28 Å². The lowest BCUT2D eigenvalue weighted by Gasteiger charge is -2.29. The smallest absolute Gasteiger partial charge is 0.248 e. The summed E-state index contributed by atoms with van der Waals surface area (Å²) in [5.74, 6) is -0.516. The van der Waals surface area contributed by atoms with E-state index in [1.54, 1.807) is 18.3 Å². The van der Waals surface area contributed by atoms with E-state index in [0.717, 1.165) is 24.5 Å². The Labute approximate surface area is 224 Å². The molecule has 11 heteroatoms. The fourth-order valence-corrected chi connectivity index (χ4v) is 4.19. The van der Waals surface area contributed by atoms with Crippen LogP contribution in [0.25, 0.3) is 22.3 Å². The van der Waals surface area contributed by atoms with Crippen LogP contribution < -0.4 is 15.5 Å². The Morgan fingerprint density at radius 2 is 2.03 bits per heavy atom. The van der Waals surface area contributed by atoms with E-state index in [-0.39, 0.29) is 10.2 Å². The second-order valence-corrected chi connectivity index (χ2v) is 9.19. The van der Waals surface area contributed by atoms with Gasteiger partial charge in [0.2, 0.25) is 11.9 Å². The lowest BCUT2D eigenvalue weighted by Crippen LogP contribution is -2.36. The van der Waals surface area contributed by atoms with E-state index >= 15 is 0 Å². The molecule has 1 fully saturated rings. The van der Waals surface area contributed by atoms with Crippen molar-refractivity contribution in [3.63, 3.8) is 0 Å². The Hall–Kier alpha value is -4.35. The van der Waals surface area contributed by atoms with Crippen molar-refractivity contribution >= 4 is 40.0 Å². The van der Waals surface area contributed by atoms with E-state index in [2.05, 4.69) is 36.8 Å². The third-order valence-corrected chi connectivity index (χ3v) is 5.97. The molecule has 3 heterocycles. The summed E-state index contributed by atoms with van der Waals surface area (Å²) >= 11 is 0. The standard InChI is InChI=1S/C27H29FN8O2.3H2/c1-35(2)8-4-7-24(37)30-21-14-18(13-19(28)15-21)25-23-17-29-34-26(23)33-27(32-25)31-20-5-3-6-22(16-20)36-9-11-38-12-10-36;;;/h3-7,13-17H,8-12H2,1-2H3,(H,30,37)(H2,29,31,32,33,34);3*1H/b7-4+;;;. The van der Waals surface area contributed by atoms with Crippen LogP contribution in [0.4, 0.5) is 27.4 Å². The Bertz CT molecular complexity index is 1480. The van der Waals surface area contributed by atoms with Crippen molar-refractivity contribution in [3.8, 4) is 11.3 Å². The zero-order chi connectivity index (χ0) is 26.5. The van der Waals surface area contributed by atoms with Gasteiger partial charge in [0, 0.05) is 52.6 Å². The highest BCUT2D eigenvalue weighted by atomic mass is 19.1. The monoisotopic (exact) mass is 522 g/mol. The molecule has 0 atom stereocenters. The van der Waals surface area contributed by atoms with Crippen LogP contribution in [0.2, 0.25) is 0 Å². The molecule has 2 aromatic heterocycles. The van der Waals surface area contributed by atoms with Crippen LogP contribution in [-0.4, -0.2) is 77.9 Å². The number of aromatic nitrogens is 4. The molecule has 4 aromatic rings. The van der Waals surface area contributed by atoms with Crippen LogP contribution in [0.15, 0.2) is 60.8 Å². The summed E-state index contributed by atoms with van der Waals surface area (Å²) in [7, 11) is 3.81. The fourth-order valence-electron chi connectivity index (χ4n) is 4.19. The zero-order valence-corrected chi connectivity index (χ0v) is 21.2. The van der Waals surface area contributed by atoms with Gasteiger partial charge < -0.3 is 25.2 Å². The number of rotatable bonds is 8. The highest BCUT2D eigenvalue weighted by molar-refractivity contribution is 6.00. The molecule has 38 heavy (non-hydrogen) atoms. The minimum absolute atomic E-state index is 0. The summed E-state index contributed by atoms with van der Waals surface area (Å²) in [6.07, 6.45) is 4.76. The average molecular weight is 523 g/mol. The molecule has 2 aromatic carbocycles. The van der Waals surface area contributed by atoms with Gasteiger partial charge in [-0.2, -0.15) is 10.1 Å². The van der Waals surface area contributed by atoms with Crippen LogP contribution in [-0.2, 0) is 9.53 Å². The van der Waals surface area contributed by atoms with Gasteiger partial charge in [0.25, 0.3) is 0 Å². The van der Waals surface area contributed by atoms with Crippen molar-refractivity contribution in [1.82, 2.24) is 25.1 Å². The fraction of sp³-hybridized carbons (Fsp3) is 0.259. The average Bonchev–Trinajstić information content (AvgIpc) is 3.37. The third-order valence-electron chi connectivity index (χ3n) is 5.97. The number of halogens is 1. The Morgan fingerprint density at radius 1 is 1.18 bits per heavy atom. The number of benzene rings is 2. The Morgan fingerprint density at radius 3 is 2.84 bits per heavy atom. The molecule has 0 unspecified atom stereocenters. The summed E-state index contributed by atoms with van der Waals surface area (Å²) in [5.41, 5.74) is 3.68. The van der Waals surface area contributed by atoms with Crippen molar-refractivity contribution in [2.75, 3.05) is 62.5 Å². The minimum Gasteiger partial charge on any atom is -0.378 e. The van der Waals surface area contributed by atoms with Crippen molar-refractivity contribution < 1.29 is 18.2 Å². The molecule has 1 amide bonds. The number of fused-ring (bicyclic) bond motifs is 1. The van der Waals surface area contributed by atoms with Gasteiger partial charge in [0.05, 0.1) is 30.5 Å². The molecule has 1 saturated heterocycles. The van der Waals surface area contributed by atoms with E-state index in [4.69, 9.17) is 9.72 Å². The van der Waals surface area contributed by atoms with Gasteiger partial charge in [-0.15, -0.1) is 0 Å². The second kappa shape index (κ2) is 11.4. The first-order valence-corrected chi connectivity index (χ1v) is 12.3. The van der Waals surface area contributed by atoms with Crippen LogP contribution >= 0.6 is 0 Å². The highest BCUT2D eigenvalue weighted by Crippen LogP contribution is 2.30. The first kappa shape index (κ1) is 25.3. The van der Waals surface area contributed by atoms with Gasteiger partial charge in [-0.05, 0) is 50.5 Å². The van der Waals surface area contributed by atoms with Crippen LogP contribution in [0.5, 0.6) is 0 Å². The largest absolute Gasteiger partial charge is 0.378 e. The number of hydrogen-bond donors (Lipinski definition) is 3. The molecule has 3 N–H and O–H groups in total. The second-order valence-electron chi connectivity index (χ2n) is 9.19. The Kier molecular flexibility index (Phi) is 7.57. The quantitative estimate of drug-likeness (QED) is 0.290. The number of likely N-dealkylation sites (N-methyl/N-ethyl adjacent to an activating group) is 1. The number of nitrogens with one attached hydrogen (secondary N) is 3. The summed E-state index contributed by atoms with van der Waals surface area (Å²) in [4.78, 5) is 25.8. The molecule has 5 rings (SSSR count). The number of nitrogens with zero attached hydrogens (tertiary/aromatic N) is 5. The summed E-state index contributed by atoms with van der Waals surface area (Å²) in [6, 6.07) is 12.3. The Balaban J connectivity index is 0.00000196. The van der Waals surface area contributed by atoms with Gasteiger partial charge in [-0.1, -0.05) is 12.1 Å². The molecule has 10 nitrogen and oxygen atoms in total. The van der Waals surface area contributed by atoms with Crippen molar-refractivity contribution in [3.05, 3.63) is 66.6 Å². The maximum absolute atomic E-state index is 14.6. The molecular weight excluding hydrogens is 487 g/mol. The number of carbonyl (C=O) groups excluding carboxylic acids is 1. The number of aromatic amines is 1. The van der Waals surface area contributed by atoms with Gasteiger partial charge in [-0.25, -0.2) is 9.37 Å². The lowest BCUT2D eigenvalue weighted by atomic mass is 10.1. The molecule has 0 bridgehead atoms. The van der Waals surface area contributed by atoms with E-state index in [0.29, 0.717) is 53.7 Å². The highest BCUT2D eigenvalue weighted by Gasteiger charge is 2.15. The number of amides is 1. The topological polar surface area (TPSA) is 111 Å². The van der Waals surface area contributed by atoms with Gasteiger partial charge >= 0.3 is 0 Å². The molecule has 0 aliphatic carbocycles. The molecule has 1 aliphatic heterocycles. The van der Waals surface area contributed by atoms with Crippen molar-refractivity contribution in [2.45, 2.75) is 0 Å². The van der Waals surface area contributed by atoms with Gasteiger partial charge in [-0.3, -0.25) is 9.89 Å². The predicted octanol–water partition coefficient (Wildman–Crippen LogP) is 4.53. The first-order valence-electron chi connectivity index (χ1n) is 12.3. The predicted molar refractivity (Wildman–Crippen MR) is 153 cm³/mol. The number of anilines is 4. The van der Waals surface area contributed by atoms with E-state index in [1.165, 1.54) is 18.2 Å². The van der Waals surface area contributed by atoms with Crippen molar-refractivity contribution in [1.29, 1.82) is 0 Å². The van der Waals surface area contributed by atoms with Crippen LogP contribution in [0.3, 0.4) is 0 Å². The molecular formula is C27H35FN8O2. The maximum Gasteiger partial charge on any atom is 0.248 e. The van der Waals surface area contributed by atoms with E-state index in [1.807, 2.05) is 37.2 Å². The summed E-state index contributed by atoms with van der Waals surface area (Å²) < 4.78 is 20.1. The SMILES string of the molecule is CN(C)C/C=C/C(=O)Nc1cc(F)cc(-c2nc(Nc3cccc(N4CCOCC4)c3)nc3[nH]ncc23)c1.[HH].[HH].[HH]. The number of hydrogen-bond acceptors (Lipinski definition) is 8. The molecule has 0 spiro atoms. The number of carbonyl (C=O) groups is 1. The van der Waals surface area contributed by atoms with Gasteiger partial charge in [0.15, 0.2) is 5.65 Å². The van der Waals surface area contributed by atoms with E-state index in [9.17, 15) is 9.18 Å². The molecule has 0 saturated carbocycles. The normalized spacial score (nSPS) is 13.9. The number of ether oxygens (including phenoxy) is 1. The minimum atomic E-state index is -0.502. The van der Waals surface area contributed by atoms with Gasteiger partial charge in [0.1, 0.15) is 5.82 Å². The summed E-state index contributed by atoms with van der Waals surface area (Å²) in [5, 5.41) is 13.6. The number of H-pyrrole nitrogens is 1. The van der Waals surface area contributed by atoms with E-state index < -0.39 is 5.82 Å². The zero-order valence-electron chi connectivity index (χ0n) is 21.2. The van der Waals surface area contributed by atoms with Crippen molar-refractivity contribution in [2.24, 2.45) is 0 Å².